The van der Waals surface area contributed by atoms with Gasteiger partial charge < -0.3 is 11.5 Å². The highest BCUT2D eigenvalue weighted by molar-refractivity contribution is 5.99. The minimum absolute atomic E-state index is 0.309. The Morgan fingerprint density at radius 2 is 2.06 bits per heavy atom. The van der Waals surface area contributed by atoms with E-state index in [1.165, 1.54) is 30.1 Å². The van der Waals surface area contributed by atoms with E-state index in [-0.39, 0.29) is 11.8 Å². The van der Waals surface area contributed by atoms with Crippen LogP contribution in [0.1, 0.15) is 5.56 Å². The van der Waals surface area contributed by atoms with Gasteiger partial charge in [0.2, 0.25) is 0 Å². The van der Waals surface area contributed by atoms with Crippen LogP contribution in [0.15, 0.2) is 23.2 Å². The molecule has 1 aromatic carbocycles. The molecule has 0 radical (unpaired) electrons. The van der Waals surface area contributed by atoms with Gasteiger partial charge in [-0.25, -0.2) is 9.18 Å². The number of halogens is 1. The lowest BCUT2D eigenvalue weighted by Gasteiger charge is -2.16. The summed E-state index contributed by atoms with van der Waals surface area (Å²) in [4.78, 5) is 16.1. The smallest absolute Gasteiger partial charge is 0.350 e. The Morgan fingerprint density at radius 1 is 1.44 bits per heavy atom. The lowest BCUT2D eigenvalue weighted by molar-refractivity contribution is 0.255. The predicted octanol–water partition coefficient (Wildman–Crippen LogP) is 0.964. The van der Waals surface area contributed by atoms with E-state index in [2.05, 4.69) is 4.99 Å². The lowest BCUT2D eigenvalue weighted by atomic mass is 10.2. The molecule has 0 bridgehead atoms. The van der Waals surface area contributed by atoms with Crippen LogP contribution in [-0.2, 0) is 0 Å². The zero-order valence-electron chi connectivity index (χ0n) is 9.07. The molecule has 4 N–H and O–H groups in total. The van der Waals surface area contributed by atoms with Crippen molar-refractivity contribution in [3.63, 3.8) is 0 Å². The number of urea groups is 1. The molecule has 0 saturated carbocycles. The molecule has 5 nitrogen and oxygen atoms in total. The first-order valence-electron chi connectivity index (χ1n) is 4.55. The van der Waals surface area contributed by atoms with Gasteiger partial charge in [-0.2, -0.15) is 4.99 Å². The van der Waals surface area contributed by atoms with Crippen LogP contribution in [0.3, 0.4) is 0 Å². The Morgan fingerprint density at radius 3 is 2.56 bits per heavy atom. The molecule has 16 heavy (non-hydrogen) atoms. The normalized spacial score (nSPS) is 9.69. The Labute approximate surface area is 92.6 Å². The average Bonchev–Trinajstić information content (AvgIpc) is 2.15. The van der Waals surface area contributed by atoms with Crippen molar-refractivity contribution in [2.24, 2.45) is 16.5 Å². The van der Waals surface area contributed by atoms with E-state index in [0.29, 0.717) is 11.3 Å². The van der Waals surface area contributed by atoms with E-state index in [0.717, 1.165) is 0 Å². The van der Waals surface area contributed by atoms with E-state index in [1.807, 2.05) is 0 Å². The molecule has 1 rings (SSSR count). The SMILES string of the molecule is Cc1cc(F)ccc1N(C)C(=O)N=C(N)N. The third-order valence-electron chi connectivity index (χ3n) is 2.03. The molecular formula is C10H13FN4O. The maximum absolute atomic E-state index is 12.9. The number of benzene rings is 1. The molecule has 2 amide bonds. The molecule has 0 fully saturated rings. The van der Waals surface area contributed by atoms with E-state index < -0.39 is 6.03 Å². The summed E-state index contributed by atoms with van der Waals surface area (Å²) < 4.78 is 12.9. The molecule has 86 valence electrons. The monoisotopic (exact) mass is 224 g/mol. The van der Waals surface area contributed by atoms with Gasteiger partial charge in [0.05, 0.1) is 0 Å². The Kier molecular flexibility index (Phi) is 3.44. The van der Waals surface area contributed by atoms with Crippen molar-refractivity contribution in [1.29, 1.82) is 0 Å². The minimum atomic E-state index is -0.602. The molecule has 0 aliphatic heterocycles. The van der Waals surface area contributed by atoms with Crippen molar-refractivity contribution in [3.8, 4) is 0 Å². The first-order valence-corrected chi connectivity index (χ1v) is 4.55. The summed E-state index contributed by atoms with van der Waals surface area (Å²) in [5.74, 6) is -0.666. The quantitative estimate of drug-likeness (QED) is 0.550. The van der Waals surface area contributed by atoms with E-state index in [1.54, 1.807) is 6.92 Å². The highest BCUT2D eigenvalue weighted by Gasteiger charge is 2.12. The molecule has 0 unspecified atom stereocenters. The number of hydrogen-bond donors (Lipinski definition) is 2. The Bertz CT molecular complexity index is 440. The second-order valence-corrected chi connectivity index (χ2v) is 3.31. The van der Waals surface area contributed by atoms with E-state index in [4.69, 9.17) is 11.5 Å². The topological polar surface area (TPSA) is 84.7 Å². The second-order valence-electron chi connectivity index (χ2n) is 3.31. The van der Waals surface area contributed by atoms with Crippen molar-refractivity contribution in [3.05, 3.63) is 29.6 Å². The van der Waals surface area contributed by atoms with Gasteiger partial charge in [-0.1, -0.05) is 0 Å². The number of amides is 2. The van der Waals surface area contributed by atoms with Gasteiger partial charge in [-0.05, 0) is 30.7 Å². The summed E-state index contributed by atoms with van der Waals surface area (Å²) in [6, 6.07) is 3.48. The lowest BCUT2D eigenvalue weighted by Crippen LogP contribution is -2.30. The van der Waals surface area contributed by atoms with Gasteiger partial charge in [-0.3, -0.25) is 4.90 Å². The number of nitrogens with zero attached hydrogens (tertiary/aromatic N) is 2. The number of aliphatic imine (C=N–C) groups is 1. The van der Waals surface area contributed by atoms with Crippen molar-refractivity contribution in [2.45, 2.75) is 6.92 Å². The maximum atomic E-state index is 12.9. The molecule has 0 saturated heterocycles. The van der Waals surface area contributed by atoms with Crippen LogP contribution in [0, 0.1) is 12.7 Å². The van der Waals surface area contributed by atoms with Crippen molar-refractivity contribution >= 4 is 17.7 Å². The van der Waals surface area contributed by atoms with Gasteiger partial charge in [0, 0.05) is 12.7 Å². The fourth-order valence-corrected chi connectivity index (χ4v) is 1.28. The van der Waals surface area contributed by atoms with Crippen molar-refractivity contribution < 1.29 is 9.18 Å². The maximum Gasteiger partial charge on any atom is 0.350 e. The number of rotatable bonds is 1. The highest BCUT2D eigenvalue weighted by Crippen LogP contribution is 2.20. The number of guanidine groups is 1. The van der Waals surface area contributed by atoms with Crippen molar-refractivity contribution in [2.75, 3.05) is 11.9 Å². The van der Waals surface area contributed by atoms with Crippen molar-refractivity contribution in [1.82, 2.24) is 0 Å². The second kappa shape index (κ2) is 4.61. The van der Waals surface area contributed by atoms with Crippen LogP contribution >= 0.6 is 0 Å². The number of nitrogens with two attached hydrogens (primary N) is 2. The molecule has 0 aliphatic rings. The van der Waals surface area contributed by atoms with Crippen LogP contribution in [-0.4, -0.2) is 19.0 Å². The minimum Gasteiger partial charge on any atom is -0.370 e. The van der Waals surface area contributed by atoms with Crippen LogP contribution in [0.4, 0.5) is 14.9 Å². The highest BCUT2D eigenvalue weighted by atomic mass is 19.1. The largest absolute Gasteiger partial charge is 0.370 e. The number of carbonyl (C=O) groups excluding carboxylic acids is 1. The zero-order chi connectivity index (χ0) is 12.3. The molecule has 0 aliphatic carbocycles. The summed E-state index contributed by atoms with van der Waals surface area (Å²) in [5.41, 5.74) is 11.4. The summed E-state index contributed by atoms with van der Waals surface area (Å²) in [6.45, 7) is 1.69. The zero-order valence-corrected chi connectivity index (χ0v) is 9.07. The first kappa shape index (κ1) is 12.0. The first-order chi connectivity index (χ1) is 7.41. The van der Waals surface area contributed by atoms with Crippen LogP contribution in [0.5, 0.6) is 0 Å². The van der Waals surface area contributed by atoms with Gasteiger partial charge in [-0.15, -0.1) is 0 Å². The fraction of sp³-hybridized carbons (Fsp3) is 0.200. The summed E-state index contributed by atoms with van der Waals surface area (Å²) >= 11 is 0. The van der Waals surface area contributed by atoms with Gasteiger partial charge in [0.1, 0.15) is 5.82 Å². The number of aryl methyl sites for hydroxylation is 1. The molecule has 6 heteroatoms. The molecule has 0 spiro atoms. The van der Waals surface area contributed by atoms with E-state index in [9.17, 15) is 9.18 Å². The number of anilines is 1. The van der Waals surface area contributed by atoms with Crippen LogP contribution < -0.4 is 16.4 Å². The molecule has 0 atom stereocenters. The van der Waals surface area contributed by atoms with Crippen LogP contribution in [0.25, 0.3) is 0 Å². The summed E-state index contributed by atoms with van der Waals surface area (Å²) in [5, 5.41) is 0. The van der Waals surface area contributed by atoms with Crippen LogP contribution in [0.2, 0.25) is 0 Å². The molecular weight excluding hydrogens is 211 g/mol. The average molecular weight is 224 g/mol. The summed E-state index contributed by atoms with van der Waals surface area (Å²) in [7, 11) is 1.51. The number of hydrogen-bond acceptors (Lipinski definition) is 1. The molecule has 0 aromatic heterocycles. The van der Waals surface area contributed by atoms with E-state index >= 15 is 0 Å². The number of carbonyl (C=O) groups is 1. The molecule has 0 heterocycles. The Balaban J connectivity index is 3.01. The van der Waals surface area contributed by atoms with Gasteiger partial charge >= 0.3 is 6.03 Å². The van der Waals surface area contributed by atoms with Gasteiger partial charge in [0.25, 0.3) is 0 Å². The summed E-state index contributed by atoms with van der Waals surface area (Å²) in [6.07, 6.45) is 0. The fourth-order valence-electron chi connectivity index (χ4n) is 1.28. The Hall–Kier alpha value is -2.11. The van der Waals surface area contributed by atoms with Gasteiger partial charge in [0.15, 0.2) is 5.96 Å². The molecule has 1 aromatic rings. The standard InChI is InChI=1S/C10H13FN4O/c1-6-5-7(11)3-4-8(6)15(2)10(16)14-9(12)13/h3-5H,1-2H3,(H4,12,13,14,16). The third kappa shape index (κ3) is 2.69. The predicted molar refractivity (Wildman–Crippen MR) is 60.7 cm³/mol. The third-order valence-corrected chi connectivity index (χ3v) is 2.03.